The van der Waals surface area contributed by atoms with Crippen LogP contribution in [-0.2, 0) is 6.42 Å². The smallest absolute Gasteiger partial charge is 0.267 e. The zero-order valence-electron chi connectivity index (χ0n) is 8.34. The van der Waals surface area contributed by atoms with Crippen LogP contribution in [0.3, 0.4) is 0 Å². The van der Waals surface area contributed by atoms with Crippen molar-refractivity contribution in [2.45, 2.75) is 6.42 Å². The molecule has 2 aromatic rings. The van der Waals surface area contributed by atoms with Crippen molar-refractivity contribution in [3.05, 3.63) is 27.4 Å². The van der Waals surface area contributed by atoms with Crippen LogP contribution in [0.2, 0.25) is 0 Å². The van der Waals surface area contributed by atoms with Gasteiger partial charge in [0.15, 0.2) is 0 Å². The van der Waals surface area contributed by atoms with Crippen LogP contribution in [0.1, 0.15) is 14.7 Å². The molecule has 0 radical (unpaired) electrons. The van der Waals surface area contributed by atoms with Crippen LogP contribution in [0.4, 0.5) is 5.13 Å². The van der Waals surface area contributed by atoms with Gasteiger partial charge >= 0.3 is 0 Å². The fourth-order valence-corrected chi connectivity index (χ4v) is 2.46. The Morgan fingerprint density at radius 2 is 2.38 bits per heavy atom. The normalized spacial score (nSPS) is 10.3. The fourth-order valence-electron chi connectivity index (χ4n) is 1.10. The molecule has 0 fully saturated rings. The predicted molar refractivity (Wildman–Crippen MR) is 64.9 cm³/mol. The van der Waals surface area contributed by atoms with E-state index in [9.17, 15) is 4.79 Å². The van der Waals surface area contributed by atoms with Crippen LogP contribution in [0.5, 0.6) is 0 Å². The minimum Gasteiger partial charge on any atom is -0.330 e. The molecule has 0 spiro atoms. The minimum atomic E-state index is -0.148. The van der Waals surface area contributed by atoms with Crippen LogP contribution in [0.15, 0.2) is 17.5 Å². The van der Waals surface area contributed by atoms with E-state index >= 15 is 0 Å². The van der Waals surface area contributed by atoms with Gasteiger partial charge in [0.1, 0.15) is 5.01 Å². The molecule has 2 aromatic heterocycles. The highest BCUT2D eigenvalue weighted by Gasteiger charge is 2.10. The Kier molecular flexibility index (Phi) is 3.60. The molecule has 0 aliphatic rings. The summed E-state index contributed by atoms with van der Waals surface area (Å²) in [7, 11) is 0. The highest BCUT2D eigenvalue weighted by molar-refractivity contribution is 7.15. The second-order valence-electron chi connectivity index (χ2n) is 2.97. The van der Waals surface area contributed by atoms with Gasteiger partial charge in [-0.2, -0.15) is 0 Å². The van der Waals surface area contributed by atoms with Gasteiger partial charge in [0.05, 0.1) is 4.88 Å². The van der Waals surface area contributed by atoms with Crippen LogP contribution in [0, 0.1) is 0 Å². The van der Waals surface area contributed by atoms with Crippen molar-refractivity contribution in [3.63, 3.8) is 0 Å². The Bertz CT molecular complexity index is 466. The number of carbonyl (C=O) groups excluding carboxylic acids is 1. The number of carbonyl (C=O) groups is 1. The first-order valence-electron chi connectivity index (χ1n) is 4.67. The highest BCUT2D eigenvalue weighted by Crippen LogP contribution is 2.17. The summed E-state index contributed by atoms with van der Waals surface area (Å²) < 4.78 is 0. The van der Waals surface area contributed by atoms with E-state index in [-0.39, 0.29) is 5.91 Å². The first-order valence-corrected chi connectivity index (χ1v) is 6.36. The number of rotatable bonds is 4. The second kappa shape index (κ2) is 5.15. The Labute approximate surface area is 100 Å². The number of aromatic nitrogens is 2. The van der Waals surface area contributed by atoms with E-state index in [1.165, 1.54) is 22.7 Å². The van der Waals surface area contributed by atoms with Gasteiger partial charge in [-0.1, -0.05) is 17.4 Å². The molecule has 0 saturated carbocycles. The SMILES string of the molecule is NCCc1nnc(NC(=O)c2cccs2)s1. The van der Waals surface area contributed by atoms with Gasteiger partial charge in [-0.05, 0) is 18.0 Å². The van der Waals surface area contributed by atoms with E-state index in [2.05, 4.69) is 15.5 Å². The molecule has 84 valence electrons. The van der Waals surface area contributed by atoms with E-state index in [0.717, 1.165) is 5.01 Å². The Morgan fingerprint density at radius 3 is 3.06 bits per heavy atom. The zero-order valence-corrected chi connectivity index (χ0v) is 9.98. The quantitative estimate of drug-likeness (QED) is 0.863. The fraction of sp³-hybridized carbons (Fsp3) is 0.222. The van der Waals surface area contributed by atoms with E-state index in [1.54, 1.807) is 6.07 Å². The largest absolute Gasteiger partial charge is 0.330 e. The lowest BCUT2D eigenvalue weighted by Gasteiger charge is -1.96. The average molecular weight is 254 g/mol. The third-order valence-corrected chi connectivity index (χ3v) is 3.56. The van der Waals surface area contributed by atoms with Crippen LogP contribution in [-0.4, -0.2) is 22.6 Å². The predicted octanol–water partition coefficient (Wildman–Crippen LogP) is 1.35. The lowest BCUT2D eigenvalue weighted by molar-refractivity contribution is 0.103. The summed E-state index contributed by atoms with van der Waals surface area (Å²) in [5.41, 5.74) is 5.40. The van der Waals surface area contributed by atoms with Crippen molar-refractivity contribution in [3.8, 4) is 0 Å². The Hall–Kier alpha value is -1.31. The maximum atomic E-state index is 11.7. The molecule has 0 unspecified atom stereocenters. The number of nitrogens with two attached hydrogens (primary N) is 1. The van der Waals surface area contributed by atoms with Gasteiger partial charge in [-0.3, -0.25) is 10.1 Å². The number of anilines is 1. The summed E-state index contributed by atoms with van der Waals surface area (Å²) >= 11 is 2.75. The molecular formula is C9H10N4OS2. The van der Waals surface area contributed by atoms with E-state index in [4.69, 9.17) is 5.73 Å². The van der Waals surface area contributed by atoms with Crippen molar-refractivity contribution in [1.82, 2.24) is 10.2 Å². The Balaban J connectivity index is 2.01. The number of hydrogen-bond acceptors (Lipinski definition) is 6. The first kappa shape index (κ1) is 11.2. The number of amides is 1. The van der Waals surface area contributed by atoms with Gasteiger partial charge < -0.3 is 5.73 Å². The van der Waals surface area contributed by atoms with Gasteiger partial charge in [0.2, 0.25) is 5.13 Å². The summed E-state index contributed by atoms with van der Waals surface area (Å²) in [6, 6.07) is 3.60. The highest BCUT2D eigenvalue weighted by atomic mass is 32.1. The molecule has 0 aliphatic carbocycles. The second-order valence-corrected chi connectivity index (χ2v) is 4.98. The molecule has 16 heavy (non-hydrogen) atoms. The molecule has 0 atom stereocenters. The number of hydrogen-bond donors (Lipinski definition) is 2. The van der Waals surface area contributed by atoms with E-state index in [0.29, 0.717) is 23.0 Å². The lowest BCUT2D eigenvalue weighted by Crippen LogP contribution is -2.09. The average Bonchev–Trinajstić information content (AvgIpc) is 2.89. The lowest BCUT2D eigenvalue weighted by atomic mass is 10.4. The minimum absolute atomic E-state index is 0.148. The van der Waals surface area contributed by atoms with Gasteiger partial charge in [-0.25, -0.2) is 0 Å². The van der Waals surface area contributed by atoms with Crippen molar-refractivity contribution in [1.29, 1.82) is 0 Å². The molecule has 3 N–H and O–H groups in total. The molecule has 0 aliphatic heterocycles. The van der Waals surface area contributed by atoms with Crippen LogP contribution in [0.25, 0.3) is 0 Å². The standard InChI is InChI=1S/C9H10N4OS2/c10-4-3-7-12-13-9(16-7)11-8(14)6-2-1-5-15-6/h1-2,5H,3-4,10H2,(H,11,13,14). The molecule has 2 heterocycles. The summed E-state index contributed by atoms with van der Waals surface area (Å²) in [5.74, 6) is -0.148. The summed E-state index contributed by atoms with van der Waals surface area (Å²) in [6.07, 6.45) is 0.687. The molecule has 7 heteroatoms. The molecule has 2 rings (SSSR count). The van der Waals surface area contributed by atoms with Crippen molar-refractivity contribution in [2.24, 2.45) is 5.73 Å². The van der Waals surface area contributed by atoms with Gasteiger partial charge in [0, 0.05) is 6.42 Å². The maximum absolute atomic E-state index is 11.7. The van der Waals surface area contributed by atoms with Gasteiger partial charge in [0.25, 0.3) is 5.91 Å². The third-order valence-electron chi connectivity index (χ3n) is 1.79. The Morgan fingerprint density at radius 1 is 1.50 bits per heavy atom. The van der Waals surface area contributed by atoms with Crippen LogP contribution < -0.4 is 11.1 Å². The number of nitrogens with one attached hydrogen (secondary N) is 1. The number of nitrogens with zero attached hydrogens (tertiary/aromatic N) is 2. The first-order chi connectivity index (χ1) is 7.79. The molecule has 0 bridgehead atoms. The summed E-state index contributed by atoms with van der Waals surface area (Å²) in [4.78, 5) is 12.3. The van der Waals surface area contributed by atoms with Crippen LogP contribution >= 0.6 is 22.7 Å². The van der Waals surface area contributed by atoms with E-state index < -0.39 is 0 Å². The number of thiophene rings is 1. The summed E-state index contributed by atoms with van der Waals surface area (Å²) in [5, 5.41) is 13.7. The van der Waals surface area contributed by atoms with Crippen molar-refractivity contribution < 1.29 is 4.79 Å². The monoisotopic (exact) mass is 254 g/mol. The maximum Gasteiger partial charge on any atom is 0.267 e. The van der Waals surface area contributed by atoms with Crippen molar-refractivity contribution in [2.75, 3.05) is 11.9 Å². The molecular weight excluding hydrogens is 244 g/mol. The van der Waals surface area contributed by atoms with Gasteiger partial charge in [-0.15, -0.1) is 21.5 Å². The topological polar surface area (TPSA) is 80.9 Å². The molecule has 1 amide bonds. The molecule has 0 saturated heterocycles. The van der Waals surface area contributed by atoms with E-state index in [1.807, 2.05) is 11.4 Å². The molecule has 0 aromatic carbocycles. The molecule has 5 nitrogen and oxygen atoms in total. The third kappa shape index (κ3) is 2.63. The summed E-state index contributed by atoms with van der Waals surface area (Å²) in [6.45, 7) is 0.535. The zero-order chi connectivity index (χ0) is 11.4. The van der Waals surface area contributed by atoms with Crippen molar-refractivity contribution >= 4 is 33.7 Å².